The highest BCUT2D eigenvalue weighted by molar-refractivity contribution is 5.92. The first kappa shape index (κ1) is 20.3. The maximum atomic E-state index is 12.4. The van der Waals surface area contributed by atoms with E-state index in [0.29, 0.717) is 11.5 Å². The number of rotatable bonds is 6. The largest absolute Gasteiger partial charge is 0.497 e. The van der Waals surface area contributed by atoms with Crippen LogP contribution in [0.5, 0.6) is 5.75 Å². The second-order valence-corrected chi connectivity index (χ2v) is 7.40. The van der Waals surface area contributed by atoms with Gasteiger partial charge in [0.15, 0.2) is 11.5 Å². The lowest BCUT2D eigenvalue weighted by Gasteiger charge is -2.08. The van der Waals surface area contributed by atoms with Gasteiger partial charge in [-0.3, -0.25) is 9.78 Å². The summed E-state index contributed by atoms with van der Waals surface area (Å²) >= 11 is 0. The number of hydrogen-bond donors (Lipinski definition) is 1. The third-order valence-electron chi connectivity index (χ3n) is 5.17. The fourth-order valence-electron chi connectivity index (χ4n) is 3.48. The van der Waals surface area contributed by atoms with Gasteiger partial charge in [-0.1, -0.05) is 24.3 Å². The molecule has 5 aromatic rings. The Morgan fingerprint density at radius 1 is 0.939 bits per heavy atom. The molecule has 0 bridgehead atoms. The lowest BCUT2D eigenvalue weighted by molar-refractivity contribution is -0.115. The summed E-state index contributed by atoms with van der Waals surface area (Å²) in [5, 5.41) is 16.1. The number of hydrogen-bond acceptors (Lipinski definition) is 6. The molecule has 0 fully saturated rings. The molecule has 0 saturated carbocycles. The van der Waals surface area contributed by atoms with Crippen molar-refractivity contribution in [2.24, 2.45) is 0 Å². The normalized spacial score (nSPS) is 10.8. The van der Waals surface area contributed by atoms with E-state index in [-0.39, 0.29) is 12.3 Å². The molecule has 0 aliphatic rings. The Balaban J connectivity index is 1.32. The topological polar surface area (TPSA) is 94.3 Å². The molecule has 0 aliphatic heterocycles. The number of nitrogens with one attached hydrogen (secondary N) is 1. The average molecular weight is 436 g/mol. The van der Waals surface area contributed by atoms with Gasteiger partial charge in [0.05, 0.1) is 19.2 Å². The molecule has 3 aromatic heterocycles. The Labute approximate surface area is 189 Å². The Kier molecular flexibility index (Phi) is 5.47. The third kappa shape index (κ3) is 4.40. The van der Waals surface area contributed by atoms with Crippen molar-refractivity contribution in [3.05, 3.63) is 90.8 Å². The smallest absolute Gasteiger partial charge is 0.228 e. The minimum absolute atomic E-state index is 0.0851. The summed E-state index contributed by atoms with van der Waals surface area (Å²) in [4.78, 5) is 16.5. The second kappa shape index (κ2) is 8.88. The number of carbonyl (C=O) groups is 1. The summed E-state index contributed by atoms with van der Waals surface area (Å²) in [5.41, 5.74) is 4.81. The van der Waals surface area contributed by atoms with E-state index in [2.05, 4.69) is 20.5 Å². The summed E-state index contributed by atoms with van der Waals surface area (Å²) in [6, 6.07) is 22.6. The van der Waals surface area contributed by atoms with Crippen LogP contribution in [0.2, 0.25) is 0 Å². The highest BCUT2D eigenvalue weighted by atomic mass is 16.5. The van der Waals surface area contributed by atoms with Crippen molar-refractivity contribution in [1.82, 2.24) is 24.8 Å². The van der Waals surface area contributed by atoms with E-state index in [4.69, 9.17) is 9.84 Å². The van der Waals surface area contributed by atoms with E-state index in [1.165, 1.54) is 0 Å². The lowest BCUT2D eigenvalue weighted by atomic mass is 10.1. The molecule has 1 N–H and O–H groups in total. The molecule has 2 aromatic carbocycles. The Morgan fingerprint density at radius 3 is 2.48 bits per heavy atom. The first-order chi connectivity index (χ1) is 16.2. The predicted octanol–water partition coefficient (Wildman–Crippen LogP) is 4.04. The number of ether oxygens (including phenoxy) is 1. The van der Waals surface area contributed by atoms with Gasteiger partial charge in [0.25, 0.3) is 0 Å². The first-order valence-electron chi connectivity index (χ1n) is 10.4. The van der Waals surface area contributed by atoms with Crippen LogP contribution in [-0.2, 0) is 11.2 Å². The standard InChI is InChI=1S/C25H20N6O2/c1-33-21-10-4-17(5-11-21)15-24(32)27-20-8-6-18(7-9-20)22-12-13-23-28-29-25(31(23)30-22)19-3-2-14-26-16-19/h2-14,16H,15H2,1H3,(H,27,32). The van der Waals surface area contributed by atoms with Crippen molar-refractivity contribution in [2.45, 2.75) is 6.42 Å². The molecule has 8 heteroatoms. The van der Waals surface area contributed by atoms with Crippen LogP contribution in [0.1, 0.15) is 5.56 Å². The Bertz CT molecular complexity index is 1400. The predicted molar refractivity (Wildman–Crippen MR) is 125 cm³/mol. The summed E-state index contributed by atoms with van der Waals surface area (Å²) in [6.07, 6.45) is 3.73. The number of pyridine rings is 1. The number of methoxy groups -OCH3 is 1. The quantitative estimate of drug-likeness (QED) is 0.432. The summed E-state index contributed by atoms with van der Waals surface area (Å²) < 4.78 is 6.85. The fourth-order valence-corrected chi connectivity index (χ4v) is 3.48. The molecule has 162 valence electrons. The number of nitrogens with zero attached hydrogens (tertiary/aromatic N) is 5. The Morgan fingerprint density at radius 2 is 1.76 bits per heavy atom. The van der Waals surface area contributed by atoms with Crippen molar-refractivity contribution in [3.8, 4) is 28.4 Å². The van der Waals surface area contributed by atoms with Crippen LogP contribution in [0, 0.1) is 0 Å². The SMILES string of the molecule is COc1ccc(CC(=O)Nc2ccc(-c3ccc4nnc(-c5cccnc5)n4n3)cc2)cc1. The van der Waals surface area contributed by atoms with Gasteiger partial charge in [0.2, 0.25) is 5.91 Å². The second-order valence-electron chi connectivity index (χ2n) is 7.40. The maximum Gasteiger partial charge on any atom is 0.228 e. The van der Waals surface area contributed by atoms with Gasteiger partial charge >= 0.3 is 0 Å². The minimum atomic E-state index is -0.0851. The summed E-state index contributed by atoms with van der Waals surface area (Å²) in [6.45, 7) is 0. The van der Waals surface area contributed by atoms with Gasteiger partial charge in [-0.2, -0.15) is 9.61 Å². The number of benzene rings is 2. The molecule has 1 amide bonds. The molecule has 5 rings (SSSR count). The third-order valence-corrected chi connectivity index (χ3v) is 5.17. The zero-order valence-electron chi connectivity index (χ0n) is 17.8. The van der Waals surface area contributed by atoms with Gasteiger partial charge in [-0.15, -0.1) is 10.2 Å². The monoisotopic (exact) mass is 436 g/mol. The molecule has 33 heavy (non-hydrogen) atoms. The molecule has 0 unspecified atom stereocenters. The molecular weight excluding hydrogens is 416 g/mol. The van der Waals surface area contributed by atoms with Crippen LogP contribution in [0.4, 0.5) is 5.69 Å². The summed E-state index contributed by atoms with van der Waals surface area (Å²) in [5.74, 6) is 1.31. The number of carbonyl (C=O) groups excluding carboxylic acids is 1. The molecule has 0 aliphatic carbocycles. The van der Waals surface area contributed by atoms with Gasteiger partial charge in [0, 0.05) is 29.2 Å². The number of anilines is 1. The van der Waals surface area contributed by atoms with Crippen molar-refractivity contribution in [2.75, 3.05) is 12.4 Å². The molecule has 0 radical (unpaired) electrons. The number of amides is 1. The van der Waals surface area contributed by atoms with Crippen molar-refractivity contribution < 1.29 is 9.53 Å². The van der Waals surface area contributed by atoms with Crippen LogP contribution >= 0.6 is 0 Å². The highest BCUT2D eigenvalue weighted by Crippen LogP contribution is 2.22. The highest BCUT2D eigenvalue weighted by Gasteiger charge is 2.11. The van der Waals surface area contributed by atoms with Gasteiger partial charge in [0.1, 0.15) is 5.75 Å². The average Bonchev–Trinajstić information content (AvgIpc) is 3.29. The lowest BCUT2D eigenvalue weighted by Crippen LogP contribution is -2.14. The minimum Gasteiger partial charge on any atom is -0.497 e. The molecule has 0 saturated heterocycles. The van der Waals surface area contributed by atoms with Crippen LogP contribution in [0.15, 0.2) is 85.2 Å². The van der Waals surface area contributed by atoms with Gasteiger partial charge < -0.3 is 10.1 Å². The Hall–Kier alpha value is -4.59. The maximum absolute atomic E-state index is 12.4. The zero-order valence-corrected chi connectivity index (χ0v) is 17.8. The summed E-state index contributed by atoms with van der Waals surface area (Å²) in [7, 11) is 1.62. The molecule has 8 nitrogen and oxygen atoms in total. The number of fused-ring (bicyclic) bond motifs is 1. The molecular formula is C25H20N6O2. The van der Waals surface area contributed by atoms with Crippen LogP contribution < -0.4 is 10.1 Å². The molecule has 0 atom stereocenters. The van der Waals surface area contributed by atoms with E-state index in [9.17, 15) is 4.79 Å². The first-order valence-corrected chi connectivity index (χ1v) is 10.4. The van der Waals surface area contributed by atoms with Crippen LogP contribution in [0.25, 0.3) is 28.3 Å². The van der Waals surface area contributed by atoms with E-state index >= 15 is 0 Å². The van der Waals surface area contributed by atoms with Crippen molar-refractivity contribution in [3.63, 3.8) is 0 Å². The molecule has 3 heterocycles. The van der Waals surface area contributed by atoms with E-state index < -0.39 is 0 Å². The zero-order chi connectivity index (χ0) is 22.6. The van der Waals surface area contributed by atoms with Gasteiger partial charge in [-0.25, -0.2) is 0 Å². The van der Waals surface area contributed by atoms with Crippen LogP contribution in [-0.4, -0.2) is 37.8 Å². The van der Waals surface area contributed by atoms with E-state index in [1.807, 2.05) is 72.8 Å². The molecule has 0 spiro atoms. The number of aromatic nitrogens is 5. The van der Waals surface area contributed by atoms with Crippen LogP contribution in [0.3, 0.4) is 0 Å². The van der Waals surface area contributed by atoms with Gasteiger partial charge in [-0.05, 0) is 54.1 Å². The van der Waals surface area contributed by atoms with Crippen molar-refractivity contribution in [1.29, 1.82) is 0 Å². The fraction of sp³-hybridized carbons (Fsp3) is 0.0800. The van der Waals surface area contributed by atoms with E-state index in [0.717, 1.165) is 33.8 Å². The van der Waals surface area contributed by atoms with Crippen molar-refractivity contribution >= 4 is 17.2 Å². The van der Waals surface area contributed by atoms with E-state index in [1.54, 1.807) is 24.0 Å².